The van der Waals surface area contributed by atoms with Crippen LogP contribution in [-0.2, 0) is 0 Å². The van der Waals surface area contributed by atoms with Crippen molar-refractivity contribution >= 4 is 40.2 Å². The van der Waals surface area contributed by atoms with E-state index in [-0.39, 0.29) is 11.8 Å². The van der Waals surface area contributed by atoms with Crippen LogP contribution in [0.5, 0.6) is 5.75 Å². The lowest BCUT2D eigenvalue weighted by Crippen LogP contribution is -2.10. The molecule has 162 valence electrons. The number of carbonyl (C=O) groups is 1. The fraction of sp³-hybridized carbons (Fsp3) is 0.192. The average Bonchev–Trinajstić information content (AvgIpc) is 3.42. The molecule has 0 unspecified atom stereocenters. The molecule has 1 saturated carbocycles. The molecule has 1 aliphatic rings. The summed E-state index contributed by atoms with van der Waals surface area (Å²) in [5.74, 6) is -0.152. The van der Waals surface area contributed by atoms with Crippen LogP contribution >= 0.6 is 23.4 Å². The lowest BCUT2D eigenvalue weighted by molar-refractivity contribution is 0.0692. The molecule has 4 nitrogen and oxygen atoms in total. The number of carboxylic acids is 1. The largest absolute Gasteiger partial charge is 0.490 e. The minimum Gasteiger partial charge on any atom is -0.490 e. The van der Waals surface area contributed by atoms with Gasteiger partial charge in [-0.15, -0.1) is 0 Å². The molecule has 1 aromatic heterocycles. The molecule has 3 aromatic carbocycles. The highest BCUT2D eigenvalue weighted by Crippen LogP contribution is 2.38. The SMILES string of the molecule is O=C(O)c1[nH]c2ccc(Sc3cccc(Cl)c3)cc2c1-c1ccc(OC2CCCC2)cc1. The predicted octanol–water partition coefficient (Wildman–Crippen LogP) is 7.66. The average molecular weight is 464 g/mol. The number of aromatic carboxylic acids is 1. The molecule has 0 atom stereocenters. The number of aromatic amines is 1. The summed E-state index contributed by atoms with van der Waals surface area (Å²) in [6.45, 7) is 0. The monoisotopic (exact) mass is 463 g/mol. The van der Waals surface area contributed by atoms with Gasteiger partial charge >= 0.3 is 5.97 Å². The van der Waals surface area contributed by atoms with Gasteiger partial charge in [0.1, 0.15) is 11.4 Å². The van der Waals surface area contributed by atoms with Gasteiger partial charge in [-0.3, -0.25) is 0 Å². The van der Waals surface area contributed by atoms with E-state index >= 15 is 0 Å². The van der Waals surface area contributed by atoms with E-state index in [4.69, 9.17) is 16.3 Å². The number of rotatable bonds is 6. The van der Waals surface area contributed by atoms with Crippen LogP contribution in [-0.4, -0.2) is 22.2 Å². The zero-order chi connectivity index (χ0) is 22.1. The zero-order valence-electron chi connectivity index (χ0n) is 17.3. The van der Waals surface area contributed by atoms with Gasteiger partial charge in [-0.05, 0) is 79.8 Å². The normalized spacial score (nSPS) is 14.2. The van der Waals surface area contributed by atoms with Crippen LogP contribution in [0.4, 0.5) is 0 Å². The van der Waals surface area contributed by atoms with E-state index in [1.54, 1.807) is 11.8 Å². The Morgan fingerprint density at radius 2 is 1.75 bits per heavy atom. The molecule has 32 heavy (non-hydrogen) atoms. The van der Waals surface area contributed by atoms with E-state index in [1.807, 2.05) is 66.7 Å². The lowest BCUT2D eigenvalue weighted by Gasteiger charge is -2.13. The summed E-state index contributed by atoms with van der Waals surface area (Å²) in [6.07, 6.45) is 4.92. The van der Waals surface area contributed by atoms with Gasteiger partial charge in [-0.2, -0.15) is 0 Å². The Bertz CT molecular complexity index is 1280. The van der Waals surface area contributed by atoms with E-state index in [1.165, 1.54) is 12.8 Å². The Hall–Kier alpha value is -2.89. The highest BCUT2D eigenvalue weighted by molar-refractivity contribution is 7.99. The standard InChI is InChI=1S/C26H22ClNO3S/c27-17-4-3-7-20(14-17)32-21-12-13-23-22(15-21)24(25(28-23)26(29)30)16-8-10-19(11-9-16)31-18-5-1-2-6-18/h3-4,7-15,18,28H,1-2,5-6H2,(H,29,30). The maximum atomic E-state index is 12.0. The lowest BCUT2D eigenvalue weighted by atomic mass is 10.0. The number of carboxylic acid groups (broad SMARTS) is 1. The van der Waals surface area contributed by atoms with Crippen LogP contribution < -0.4 is 4.74 Å². The quantitative estimate of drug-likeness (QED) is 0.308. The Morgan fingerprint density at radius 3 is 2.47 bits per heavy atom. The van der Waals surface area contributed by atoms with Gasteiger partial charge in [-0.25, -0.2) is 4.79 Å². The fourth-order valence-corrected chi connectivity index (χ4v) is 5.43. The second kappa shape index (κ2) is 8.93. The number of halogens is 1. The van der Waals surface area contributed by atoms with Gasteiger partial charge < -0.3 is 14.8 Å². The second-order valence-corrected chi connectivity index (χ2v) is 9.58. The van der Waals surface area contributed by atoms with Crippen LogP contribution in [0.15, 0.2) is 76.5 Å². The molecule has 4 aromatic rings. The van der Waals surface area contributed by atoms with Crippen molar-refractivity contribution in [3.05, 3.63) is 77.4 Å². The summed E-state index contributed by atoms with van der Waals surface area (Å²) in [4.78, 5) is 17.1. The maximum absolute atomic E-state index is 12.0. The van der Waals surface area contributed by atoms with Crippen molar-refractivity contribution in [2.75, 3.05) is 0 Å². The molecule has 6 heteroatoms. The van der Waals surface area contributed by atoms with Crippen molar-refractivity contribution in [3.8, 4) is 16.9 Å². The minimum atomic E-state index is -0.980. The molecule has 5 rings (SSSR count). The fourth-order valence-electron chi connectivity index (χ4n) is 4.26. The molecule has 2 N–H and O–H groups in total. The highest BCUT2D eigenvalue weighted by atomic mass is 35.5. The van der Waals surface area contributed by atoms with Crippen LogP contribution in [0, 0.1) is 0 Å². The first-order valence-electron chi connectivity index (χ1n) is 10.7. The molecule has 1 heterocycles. The first-order valence-corrected chi connectivity index (χ1v) is 11.9. The molecule has 0 aliphatic heterocycles. The number of hydrogen-bond acceptors (Lipinski definition) is 3. The van der Waals surface area contributed by atoms with Gasteiger partial charge in [-0.1, -0.05) is 41.6 Å². The van der Waals surface area contributed by atoms with Crippen LogP contribution in [0.3, 0.4) is 0 Å². The van der Waals surface area contributed by atoms with Crippen LogP contribution in [0.2, 0.25) is 5.02 Å². The van der Waals surface area contributed by atoms with Gasteiger partial charge in [0.25, 0.3) is 0 Å². The number of fused-ring (bicyclic) bond motifs is 1. The predicted molar refractivity (Wildman–Crippen MR) is 129 cm³/mol. The molecule has 0 bridgehead atoms. The Morgan fingerprint density at radius 1 is 1.00 bits per heavy atom. The van der Waals surface area contributed by atoms with Crippen molar-refractivity contribution in [3.63, 3.8) is 0 Å². The van der Waals surface area contributed by atoms with Crippen molar-refractivity contribution in [2.45, 2.75) is 41.6 Å². The summed E-state index contributed by atoms with van der Waals surface area (Å²) >= 11 is 7.71. The molecular weight excluding hydrogens is 442 g/mol. The van der Waals surface area contributed by atoms with Gasteiger partial charge in [0, 0.05) is 31.3 Å². The van der Waals surface area contributed by atoms with E-state index in [2.05, 4.69) is 4.98 Å². The third-order valence-electron chi connectivity index (χ3n) is 5.76. The number of H-pyrrole nitrogens is 1. The van der Waals surface area contributed by atoms with Crippen molar-refractivity contribution in [1.82, 2.24) is 4.98 Å². The van der Waals surface area contributed by atoms with Gasteiger partial charge in [0.2, 0.25) is 0 Å². The molecule has 1 aliphatic carbocycles. The van der Waals surface area contributed by atoms with Crippen LogP contribution in [0.1, 0.15) is 36.2 Å². The van der Waals surface area contributed by atoms with Gasteiger partial charge in [0.05, 0.1) is 6.10 Å². The zero-order valence-corrected chi connectivity index (χ0v) is 18.9. The summed E-state index contributed by atoms with van der Waals surface area (Å²) < 4.78 is 6.07. The highest BCUT2D eigenvalue weighted by Gasteiger charge is 2.20. The number of nitrogens with one attached hydrogen (secondary N) is 1. The maximum Gasteiger partial charge on any atom is 0.352 e. The first kappa shape index (κ1) is 21.0. The number of aromatic nitrogens is 1. The van der Waals surface area contributed by atoms with E-state index in [0.29, 0.717) is 10.6 Å². The minimum absolute atomic E-state index is 0.189. The van der Waals surface area contributed by atoms with Crippen molar-refractivity contribution in [2.24, 2.45) is 0 Å². The van der Waals surface area contributed by atoms with Crippen molar-refractivity contribution < 1.29 is 14.6 Å². The molecule has 1 fully saturated rings. The second-order valence-electron chi connectivity index (χ2n) is 8.00. The number of benzene rings is 3. The van der Waals surface area contributed by atoms with Crippen LogP contribution in [0.25, 0.3) is 22.0 Å². The summed E-state index contributed by atoms with van der Waals surface area (Å²) in [6, 6.07) is 21.4. The number of hydrogen-bond donors (Lipinski definition) is 2. The smallest absolute Gasteiger partial charge is 0.352 e. The van der Waals surface area contributed by atoms with E-state index in [0.717, 1.165) is 44.8 Å². The topological polar surface area (TPSA) is 62.3 Å². The third-order valence-corrected chi connectivity index (χ3v) is 6.98. The Kier molecular flexibility index (Phi) is 5.85. The molecule has 0 radical (unpaired) electrons. The van der Waals surface area contributed by atoms with Gasteiger partial charge in [0.15, 0.2) is 0 Å². The summed E-state index contributed by atoms with van der Waals surface area (Å²) in [5, 5.41) is 11.4. The summed E-state index contributed by atoms with van der Waals surface area (Å²) in [5.41, 5.74) is 2.51. The molecule has 0 spiro atoms. The summed E-state index contributed by atoms with van der Waals surface area (Å²) in [7, 11) is 0. The Labute approximate surface area is 195 Å². The molecule has 0 amide bonds. The Balaban J connectivity index is 1.51. The van der Waals surface area contributed by atoms with E-state index in [9.17, 15) is 9.90 Å². The van der Waals surface area contributed by atoms with E-state index < -0.39 is 5.97 Å². The molecular formula is C26H22ClNO3S. The molecule has 0 saturated heterocycles. The number of ether oxygens (including phenoxy) is 1. The first-order chi connectivity index (χ1) is 15.6. The third kappa shape index (κ3) is 4.36. The van der Waals surface area contributed by atoms with Crippen molar-refractivity contribution in [1.29, 1.82) is 0 Å².